The van der Waals surface area contributed by atoms with Gasteiger partial charge in [-0.2, -0.15) is 0 Å². The number of anilines is 1. The second-order valence-corrected chi connectivity index (χ2v) is 3.95. The van der Waals surface area contributed by atoms with Crippen molar-refractivity contribution in [2.45, 2.75) is 13.8 Å². The molecule has 18 heavy (non-hydrogen) atoms. The summed E-state index contributed by atoms with van der Waals surface area (Å²) < 4.78 is 0. The van der Waals surface area contributed by atoms with Crippen molar-refractivity contribution < 1.29 is 0 Å². The normalized spacial score (nSPS) is 14.3. The zero-order chi connectivity index (χ0) is 12.8. The highest BCUT2D eigenvalue weighted by atomic mass is 15.1. The zero-order valence-corrected chi connectivity index (χ0v) is 10.8. The van der Waals surface area contributed by atoms with Gasteiger partial charge in [0.15, 0.2) is 0 Å². The van der Waals surface area contributed by atoms with Gasteiger partial charge >= 0.3 is 0 Å². The third-order valence-electron chi connectivity index (χ3n) is 2.75. The largest absolute Gasteiger partial charge is 0.310 e. The van der Waals surface area contributed by atoms with Crippen molar-refractivity contribution in [2.75, 3.05) is 4.90 Å². The fourth-order valence-electron chi connectivity index (χ4n) is 1.95. The molecule has 90 valence electrons. The summed E-state index contributed by atoms with van der Waals surface area (Å²) in [5.74, 6) is 0. The lowest BCUT2D eigenvalue weighted by molar-refractivity contribution is 1.14. The first-order chi connectivity index (χ1) is 8.86. The molecular formula is C17H17N. The van der Waals surface area contributed by atoms with E-state index in [2.05, 4.69) is 66.1 Å². The zero-order valence-electron chi connectivity index (χ0n) is 10.8. The Kier molecular flexibility index (Phi) is 4.01. The van der Waals surface area contributed by atoms with Gasteiger partial charge in [0, 0.05) is 17.5 Å². The fourth-order valence-corrected chi connectivity index (χ4v) is 1.95. The lowest BCUT2D eigenvalue weighted by atomic mass is 10.2. The topological polar surface area (TPSA) is 3.24 Å². The van der Waals surface area contributed by atoms with Gasteiger partial charge in [0.25, 0.3) is 0 Å². The average molecular weight is 235 g/mol. The van der Waals surface area contributed by atoms with Crippen LogP contribution in [0, 0.1) is 0 Å². The van der Waals surface area contributed by atoms with Gasteiger partial charge < -0.3 is 4.90 Å². The van der Waals surface area contributed by atoms with Crippen LogP contribution in [0.4, 0.5) is 5.69 Å². The smallest absolute Gasteiger partial charge is 0.0544 e. The summed E-state index contributed by atoms with van der Waals surface area (Å²) in [6, 6.07) is 10.4. The van der Waals surface area contributed by atoms with Gasteiger partial charge in [0.05, 0.1) is 5.70 Å². The van der Waals surface area contributed by atoms with Crippen LogP contribution < -0.4 is 4.90 Å². The minimum absolute atomic E-state index is 1.13. The highest BCUT2D eigenvalue weighted by Crippen LogP contribution is 2.26. The van der Waals surface area contributed by atoms with Crippen LogP contribution in [0.2, 0.25) is 0 Å². The number of hydrogen-bond donors (Lipinski definition) is 0. The van der Waals surface area contributed by atoms with E-state index in [0.717, 1.165) is 17.1 Å². The molecule has 0 saturated heterocycles. The molecule has 1 aliphatic carbocycles. The summed E-state index contributed by atoms with van der Waals surface area (Å²) in [6.45, 7) is 4.09. The number of benzene rings is 1. The van der Waals surface area contributed by atoms with Crippen LogP contribution in [0.5, 0.6) is 0 Å². The lowest BCUT2D eigenvalue weighted by Crippen LogP contribution is -2.19. The van der Waals surface area contributed by atoms with E-state index < -0.39 is 0 Å². The van der Waals surface area contributed by atoms with Crippen molar-refractivity contribution in [1.82, 2.24) is 0 Å². The van der Waals surface area contributed by atoms with Crippen LogP contribution in [0.1, 0.15) is 13.8 Å². The molecular weight excluding hydrogens is 218 g/mol. The summed E-state index contributed by atoms with van der Waals surface area (Å²) >= 11 is 0. The summed E-state index contributed by atoms with van der Waals surface area (Å²) in [4.78, 5) is 2.22. The minimum atomic E-state index is 1.13. The van der Waals surface area contributed by atoms with E-state index >= 15 is 0 Å². The van der Waals surface area contributed by atoms with Crippen molar-refractivity contribution in [3.63, 3.8) is 0 Å². The molecule has 0 N–H and O–H groups in total. The second-order valence-electron chi connectivity index (χ2n) is 3.95. The van der Waals surface area contributed by atoms with Crippen LogP contribution >= 0.6 is 0 Å². The molecule has 1 nitrogen and oxygen atoms in total. The van der Waals surface area contributed by atoms with E-state index in [0.29, 0.717) is 0 Å². The minimum Gasteiger partial charge on any atom is -0.310 e. The van der Waals surface area contributed by atoms with E-state index in [1.807, 2.05) is 25.1 Å². The third-order valence-corrected chi connectivity index (χ3v) is 2.75. The SMILES string of the molecule is C/C=C\C(=C/C)N(C1=CC=C=C1)c1ccccc1. The highest BCUT2D eigenvalue weighted by Gasteiger charge is 2.13. The van der Waals surface area contributed by atoms with E-state index in [4.69, 9.17) is 0 Å². The van der Waals surface area contributed by atoms with Crippen LogP contribution in [-0.2, 0) is 0 Å². The summed E-state index contributed by atoms with van der Waals surface area (Å²) in [5.41, 5.74) is 6.55. The van der Waals surface area contributed by atoms with Gasteiger partial charge in [0.1, 0.15) is 0 Å². The summed E-state index contributed by atoms with van der Waals surface area (Å²) in [5, 5.41) is 0. The molecule has 0 bridgehead atoms. The molecule has 0 spiro atoms. The standard InChI is InChI=1S/C17H17N/c1-3-10-15(4-2)18(17-13-8-9-14-17)16-11-6-5-7-12-16/h3-8,10-14H,1-2H3/b10-3-,15-4+. The molecule has 1 aromatic carbocycles. The molecule has 1 heteroatoms. The van der Waals surface area contributed by atoms with Crippen molar-refractivity contribution in [3.8, 4) is 0 Å². The van der Waals surface area contributed by atoms with Gasteiger partial charge in [-0.25, -0.2) is 0 Å². The van der Waals surface area contributed by atoms with E-state index in [-0.39, 0.29) is 0 Å². The molecule has 0 fully saturated rings. The van der Waals surface area contributed by atoms with Crippen LogP contribution in [0.25, 0.3) is 0 Å². The average Bonchev–Trinajstić information content (AvgIpc) is 2.93. The van der Waals surface area contributed by atoms with E-state index in [9.17, 15) is 0 Å². The Morgan fingerprint density at radius 2 is 1.94 bits per heavy atom. The third kappa shape index (κ3) is 2.53. The van der Waals surface area contributed by atoms with Crippen molar-refractivity contribution >= 4 is 5.69 Å². The molecule has 0 atom stereocenters. The maximum Gasteiger partial charge on any atom is 0.0544 e. The number of rotatable bonds is 4. The molecule has 0 heterocycles. The quantitative estimate of drug-likeness (QED) is 0.545. The first kappa shape index (κ1) is 12.2. The Morgan fingerprint density at radius 1 is 1.17 bits per heavy atom. The first-order valence-electron chi connectivity index (χ1n) is 6.13. The molecule has 1 aromatic rings. The fraction of sp³-hybridized carbons (Fsp3) is 0.118. The summed E-state index contributed by atoms with van der Waals surface area (Å²) in [6.07, 6.45) is 12.3. The van der Waals surface area contributed by atoms with Crippen molar-refractivity contribution in [2.24, 2.45) is 0 Å². The molecule has 1 aliphatic rings. The van der Waals surface area contributed by atoms with Crippen LogP contribution in [0.3, 0.4) is 0 Å². The van der Waals surface area contributed by atoms with Gasteiger partial charge in [-0.15, -0.1) is 5.73 Å². The number of para-hydroxylation sites is 1. The number of hydrogen-bond acceptors (Lipinski definition) is 1. The molecule has 0 aromatic heterocycles. The predicted octanol–water partition coefficient (Wildman–Crippen LogP) is 4.58. The Hall–Kier alpha value is -2.24. The van der Waals surface area contributed by atoms with Gasteiger partial charge in [-0.1, -0.05) is 30.4 Å². The molecule has 0 radical (unpaired) electrons. The van der Waals surface area contributed by atoms with Crippen LogP contribution in [-0.4, -0.2) is 0 Å². The van der Waals surface area contributed by atoms with Gasteiger partial charge in [-0.3, -0.25) is 0 Å². The van der Waals surface area contributed by atoms with Gasteiger partial charge in [0.2, 0.25) is 0 Å². The molecule has 0 aliphatic heterocycles. The first-order valence-corrected chi connectivity index (χ1v) is 6.13. The van der Waals surface area contributed by atoms with Gasteiger partial charge in [-0.05, 0) is 44.2 Å². The van der Waals surface area contributed by atoms with Crippen molar-refractivity contribution in [1.29, 1.82) is 0 Å². The van der Waals surface area contributed by atoms with E-state index in [1.165, 1.54) is 0 Å². The second kappa shape index (κ2) is 5.90. The maximum absolute atomic E-state index is 3.11. The van der Waals surface area contributed by atoms with Crippen LogP contribution in [0.15, 0.2) is 83.9 Å². The number of allylic oxidation sites excluding steroid dienone is 5. The molecule has 2 rings (SSSR count). The number of nitrogens with zero attached hydrogens (tertiary/aromatic N) is 1. The predicted molar refractivity (Wildman–Crippen MR) is 78.2 cm³/mol. The summed E-state index contributed by atoms with van der Waals surface area (Å²) in [7, 11) is 0. The molecule has 0 amide bonds. The Morgan fingerprint density at radius 3 is 2.50 bits per heavy atom. The Bertz CT molecular complexity index is 553. The monoisotopic (exact) mass is 235 g/mol. The lowest BCUT2D eigenvalue weighted by Gasteiger charge is -2.26. The van der Waals surface area contributed by atoms with Crippen molar-refractivity contribution in [3.05, 3.63) is 83.9 Å². The molecule has 0 saturated carbocycles. The maximum atomic E-state index is 3.11. The Balaban J connectivity index is 2.44. The highest BCUT2D eigenvalue weighted by molar-refractivity contribution is 5.63. The Labute approximate surface area is 109 Å². The van der Waals surface area contributed by atoms with E-state index in [1.54, 1.807) is 0 Å². The molecule has 0 unspecified atom stereocenters.